The molecule has 0 fully saturated rings. The number of hydrogen-bond donors (Lipinski definition) is 0. The second-order valence-corrected chi connectivity index (χ2v) is 13.9. The molecule has 0 aromatic heterocycles. The third-order valence-electron chi connectivity index (χ3n) is 5.79. The van der Waals surface area contributed by atoms with Gasteiger partial charge in [0.25, 0.3) is 0 Å². The molecule has 0 bridgehead atoms. The second-order valence-electron chi connectivity index (χ2n) is 9.15. The Bertz CT molecular complexity index is 510. The smallest absolute Gasteiger partial charge is 0.192 e. The van der Waals surface area contributed by atoms with E-state index in [1.807, 2.05) is 6.08 Å². The van der Waals surface area contributed by atoms with Crippen molar-refractivity contribution in [1.29, 1.82) is 0 Å². The highest BCUT2D eigenvalue weighted by molar-refractivity contribution is 6.74. The maximum Gasteiger partial charge on any atom is 0.192 e. The molecule has 26 heavy (non-hydrogen) atoms. The molecule has 0 N–H and O–H groups in total. The van der Waals surface area contributed by atoms with Gasteiger partial charge in [-0.05, 0) is 48.5 Å². The quantitative estimate of drug-likeness (QED) is 0.203. The zero-order chi connectivity index (χ0) is 19.6. The van der Waals surface area contributed by atoms with Crippen molar-refractivity contribution in [3.8, 4) is 0 Å². The van der Waals surface area contributed by atoms with Crippen LogP contribution in [0.25, 0.3) is 0 Å². The van der Waals surface area contributed by atoms with E-state index in [0.717, 1.165) is 6.42 Å². The predicted octanol–water partition coefficient (Wildman–Crippen LogP) is 8.23. The van der Waals surface area contributed by atoms with E-state index >= 15 is 0 Å². The van der Waals surface area contributed by atoms with Gasteiger partial charge in [0.15, 0.2) is 8.32 Å². The average Bonchev–Trinajstić information content (AvgIpc) is 2.57. The number of rotatable bonds is 12. The summed E-state index contributed by atoms with van der Waals surface area (Å²) in [7, 11) is -1.79. The first-order valence-electron chi connectivity index (χ1n) is 10.6. The summed E-state index contributed by atoms with van der Waals surface area (Å²) in [5.74, 6) is 0. The molecule has 148 valence electrons. The maximum absolute atomic E-state index is 6.67. The van der Waals surface area contributed by atoms with Crippen molar-refractivity contribution in [3.05, 3.63) is 48.0 Å². The van der Waals surface area contributed by atoms with Crippen molar-refractivity contribution in [2.75, 3.05) is 0 Å². The maximum atomic E-state index is 6.67. The molecule has 1 aromatic rings. The van der Waals surface area contributed by atoms with E-state index in [9.17, 15) is 0 Å². The summed E-state index contributed by atoms with van der Waals surface area (Å²) in [5, 5.41) is 0.226. The molecule has 1 rings (SSSR count). The van der Waals surface area contributed by atoms with Crippen molar-refractivity contribution < 1.29 is 4.43 Å². The fourth-order valence-electron chi connectivity index (χ4n) is 2.94. The van der Waals surface area contributed by atoms with Gasteiger partial charge in [0.1, 0.15) is 0 Å². The van der Waals surface area contributed by atoms with Gasteiger partial charge in [-0.2, -0.15) is 0 Å². The van der Waals surface area contributed by atoms with Crippen LogP contribution < -0.4 is 0 Å². The van der Waals surface area contributed by atoms with E-state index in [2.05, 4.69) is 71.6 Å². The van der Waals surface area contributed by atoms with E-state index < -0.39 is 8.32 Å². The first kappa shape index (κ1) is 23.2. The third kappa shape index (κ3) is 7.80. The molecule has 1 atom stereocenters. The number of benzene rings is 1. The van der Waals surface area contributed by atoms with Gasteiger partial charge >= 0.3 is 0 Å². The Morgan fingerprint density at radius 3 is 2.12 bits per heavy atom. The Kier molecular flexibility index (Phi) is 9.88. The highest BCUT2D eigenvalue weighted by atomic mass is 28.4. The zero-order valence-corrected chi connectivity index (χ0v) is 19.2. The number of hydrogen-bond acceptors (Lipinski definition) is 1. The second kappa shape index (κ2) is 11.1. The van der Waals surface area contributed by atoms with Crippen LogP contribution in [0.4, 0.5) is 0 Å². The molecule has 0 heterocycles. The Hall–Kier alpha value is -0.863. The third-order valence-corrected chi connectivity index (χ3v) is 10.3. The van der Waals surface area contributed by atoms with E-state index in [4.69, 9.17) is 4.43 Å². The zero-order valence-electron chi connectivity index (χ0n) is 18.2. The van der Waals surface area contributed by atoms with Gasteiger partial charge in [-0.3, -0.25) is 0 Å². The van der Waals surface area contributed by atoms with Crippen molar-refractivity contribution in [2.45, 2.75) is 103 Å². The number of unbranched alkanes of at least 4 members (excludes halogenated alkanes) is 5. The lowest BCUT2D eigenvalue weighted by Gasteiger charge is -2.39. The molecule has 0 aliphatic rings. The molecule has 0 saturated heterocycles. The van der Waals surface area contributed by atoms with Crippen LogP contribution >= 0.6 is 0 Å². The lowest BCUT2D eigenvalue weighted by Crippen LogP contribution is -2.41. The number of aryl methyl sites for hydroxylation is 1. The molecule has 2 heteroatoms. The van der Waals surface area contributed by atoms with Gasteiger partial charge in [-0.1, -0.05) is 90.1 Å². The van der Waals surface area contributed by atoms with Crippen LogP contribution in [-0.4, -0.2) is 8.32 Å². The van der Waals surface area contributed by atoms with E-state index in [1.165, 1.54) is 56.1 Å². The fraction of sp³-hybridized carbons (Fsp3) is 0.667. The monoisotopic (exact) mass is 374 g/mol. The summed E-state index contributed by atoms with van der Waals surface area (Å²) >= 11 is 0. The molecule has 1 nitrogen and oxygen atoms in total. The minimum Gasteiger partial charge on any atom is -0.410 e. The standard InChI is InChI=1S/C24H42OSi/c1-8-10-11-12-13-14-16-21-17-19-22(20-18-21)23(15-9-2)25-26(6,7)24(3,4)5/h9,17-20,23H,2,8,10-16H2,1,3-7H3. The van der Waals surface area contributed by atoms with Crippen LogP contribution in [0.2, 0.25) is 18.1 Å². The largest absolute Gasteiger partial charge is 0.410 e. The minimum absolute atomic E-state index is 0.136. The van der Waals surface area contributed by atoms with Crippen LogP contribution in [-0.2, 0) is 10.8 Å². The summed E-state index contributed by atoms with van der Waals surface area (Å²) in [6, 6.07) is 9.14. The van der Waals surface area contributed by atoms with Crippen LogP contribution in [0.1, 0.15) is 89.9 Å². The van der Waals surface area contributed by atoms with E-state index in [0.29, 0.717) is 0 Å². The Balaban J connectivity index is 2.63. The van der Waals surface area contributed by atoms with E-state index in [-0.39, 0.29) is 11.1 Å². The molecule has 1 aromatic carbocycles. The molecular weight excluding hydrogens is 332 g/mol. The molecule has 0 aliphatic heterocycles. The molecule has 0 aliphatic carbocycles. The Labute approximate surface area is 164 Å². The SMILES string of the molecule is C=CCC(O[Si](C)(C)C(C)(C)C)c1ccc(CCCCCCCC)cc1. The van der Waals surface area contributed by atoms with Gasteiger partial charge in [0.2, 0.25) is 0 Å². The summed E-state index contributed by atoms with van der Waals surface area (Å²) in [4.78, 5) is 0. The van der Waals surface area contributed by atoms with E-state index in [1.54, 1.807) is 0 Å². The first-order valence-corrected chi connectivity index (χ1v) is 13.5. The van der Waals surface area contributed by atoms with Gasteiger partial charge < -0.3 is 4.43 Å². The van der Waals surface area contributed by atoms with Crippen LogP contribution in [0.5, 0.6) is 0 Å². The van der Waals surface area contributed by atoms with Crippen molar-refractivity contribution in [1.82, 2.24) is 0 Å². The summed E-state index contributed by atoms with van der Waals surface area (Å²) < 4.78 is 6.67. The summed E-state index contributed by atoms with van der Waals surface area (Å²) in [6.45, 7) is 17.8. The van der Waals surface area contributed by atoms with Crippen LogP contribution in [0.3, 0.4) is 0 Å². The summed E-state index contributed by atoms with van der Waals surface area (Å²) in [5.41, 5.74) is 2.75. The highest BCUT2D eigenvalue weighted by Gasteiger charge is 2.39. The predicted molar refractivity (Wildman–Crippen MR) is 119 cm³/mol. The first-order chi connectivity index (χ1) is 12.2. The molecule has 0 radical (unpaired) electrons. The molecule has 0 spiro atoms. The Morgan fingerprint density at radius 1 is 1.00 bits per heavy atom. The van der Waals surface area contributed by atoms with Crippen molar-refractivity contribution in [2.24, 2.45) is 0 Å². The molecule has 0 saturated carbocycles. The minimum atomic E-state index is -1.79. The Morgan fingerprint density at radius 2 is 1.58 bits per heavy atom. The van der Waals surface area contributed by atoms with Gasteiger partial charge in [0.05, 0.1) is 6.10 Å². The van der Waals surface area contributed by atoms with Crippen LogP contribution in [0.15, 0.2) is 36.9 Å². The normalized spacial score (nSPS) is 13.6. The molecular formula is C24H42OSi. The lowest BCUT2D eigenvalue weighted by atomic mass is 10.0. The molecule has 1 unspecified atom stereocenters. The average molecular weight is 375 g/mol. The lowest BCUT2D eigenvalue weighted by molar-refractivity contribution is 0.187. The summed E-state index contributed by atoms with van der Waals surface area (Å²) in [6.07, 6.45) is 12.3. The van der Waals surface area contributed by atoms with Crippen LogP contribution in [0, 0.1) is 0 Å². The van der Waals surface area contributed by atoms with Crippen molar-refractivity contribution in [3.63, 3.8) is 0 Å². The highest BCUT2D eigenvalue weighted by Crippen LogP contribution is 2.40. The van der Waals surface area contributed by atoms with Gasteiger partial charge in [-0.25, -0.2) is 0 Å². The topological polar surface area (TPSA) is 9.23 Å². The van der Waals surface area contributed by atoms with Crippen molar-refractivity contribution >= 4 is 8.32 Å². The van der Waals surface area contributed by atoms with Gasteiger partial charge in [0, 0.05) is 0 Å². The fourth-order valence-corrected chi connectivity index (χ4v) is 4.24. The molecule has 0 amide bonds. The van der Waals surface area contributed by atoms with Gasteiger partial charge in [-0.15, -0.1) is 6.58 Å².